The van der Waals surface area contributed by atoms with Crippen molar-refractivity contribution in [2.75, 3.05) is 0 Å². The quantitative estimate of drug-likeness (QED) is 0.0639. The Morgan fingerprint density at radius 2 is 1.60 bits per heavy atom. The molecule has 0 aliphatic heterocycles. The zero-order valence-corrected chi connectivity index (χ0v) is 26.0. The summed E-state index contributed by atoms with van der Waals surface area (Å²) in [7, 11) is -4.23. The molecule has 15 heteroatoms. The molecule has 1 aromatic heterocycles. The molecule has 0 saturated heterocycles. The normalized spacial score (nSPS) is 12.6. The summed E-state index contributed by atoms with van der Waals surface area (Å²) in [5.41, 5.74) is 13.5. The highest BCUT2D eigenvalue weighted by molar-refractivity contribution is 7.88. The predicted molar refractivity (Wildman–Crippen MR) is 175 cm³/mol. The van der Waals surface area contributed by atoms with Crippen molar-refractivity contribution in [1.82, 2.24) is 20.3 Å². The third-order valence-corrected chi connectivity index (χ3v) is 8.67. The number of carbonyl (C=O) groups excluding carboxylic acids is 3. The first-order valence-electron chi connectivity index (χ1n) is 14.5. The molecule has 3 aromatic carbocycles. The topological polar surface area (TPSA) is 250 Å². The van der Waals surface area contributed by atoms with Gasteiger partial charge in [0.15, 0.2) is 0 Å². The van der Waals surface area contributed by atoms with E-state index >= 15 is 0 Å². The molecule has 0 bridgehead atoms. The van der Waals surface area contributed by atoms with Crippen LogP contribution in [0.25, 0.3) is 10.9 Å². The number of fused-ring (bicyclic) bond motifs is 1. The Hall–Kier alpha value is -5.54. The van der Waals surface area contributed by atoms with Crippen molar-refractivity contribution in [3.63, 3.8) is 0 Å². The van der Waals surface area contributed by atoms with Gasteiger partial charge in [-0.15, -0.1) is 0 Å². The lowest BCUT2D eigenvalue weighted by Crippen LogP contribution is -2.54. The van der Waals surface area contributed by atoms with E-state index in [9.17, 15) is 32.7 Å². The number of aromatic amines is 1. The molecule has 3 amide bonds. The van der Waals surface area contributed by atoms with Crippen LogP contribution < -0.4 is 26.8 Å². The number of aromatic nitrogens is 1. The molecule has 4 rings (SSSR count). The van der Waals surface area contributed by atoms with Gasteiger partial charge in [-0.3, -0.25) is 19.8 Å². The highest BCUT2D eigenvalue weighted by Gasteiger charge is 2.30. The van der Waals surface area contributed by atoms with Crippen LogP contribution in [0.3, 0.4) is 0 Å². The number of carbonyl (C=O) groups is 4. The van der Waals surface area contributed by atoms with Gasteiger partial charge in [-0.2, -0.15) is 0 Å². The molecule has 0 aliphatic carbocycles. The highest BCUT2D eigenvalue weighted by atomic mass is 32.2. The van der Waals surface area contributed by atoms with E-state index < -0.39 is 51.6 Å². The van der Waals surface area contributed by atoms with Crippen LogP contribution in [0.1, 0.15) is 45.5 Å². The van der Waals surface area contributed by atoms with Crippen LogP contribution in [0, 0.1) is 5.41 Å². The maximum Gasteiger partial charge on any atom is 0.335 e. The molecule has 4 aromatic rings. The summed E-state index contributed by atoms with van der Waals surface area (Å²) in [4.78, 5) is 53.1. The Morgan fingerprint density at radius 3 is 2.28 bits per heavy atom. The van der Waals surface area contributed by atoms with Crippen LogP contribution >= 0.6 is 0 Å². The molecule has 0 radical (unpaired) electrons. The number of carboxylic acid groups (broad SMARTS) is 1. The Kier molecular flexibility index (Phi) is 11.1. The molecule has 10 N–H and O–H groups in total. The number of nitrogens with two attached hydrogens (primary N) is 2. The number of sulfonamides is 1. The third kappa shape index (κ3) is 9.72. The van der Waals surface area contributed by atoms with Gasteiger partial charge in [-0.25, -0.2) is 17.9 Å². The number of hydrogen-bond donors (Lipinski definition) is 8. The molecule has 14 nitrogen and oxygen atoms in total. The number of carboxylic acids is 1. The van der Waals surface area contributed by atoms with E-state index in [1.807, 2.05) is 18.2 Å². The molecular weight excluding hydrogens is 626 g/mol. The van der Waals surface area contributed by atoms with E-state index in [4.69, 9.17) is 16.9 Å². The summed E-state index contributed by atoms with van der Waals surface area (Å²) in [5.74, 6) is -4.09. The second-order valence-corrected chi connectivity index (χ2v) is 12.6. The summed E-state index contributed by atoms with van der Waals surface area (Å²) in [6.45, 7) is 0.0563. The van der Waals surface area contributed by atoms with Gasteiger partial charge in [0.2, 0.25) is 27.7 Å². The van der Waals surface area contributed by atoms with Gasteiger partial charge in [-0.1, -0.05) is 54.6 Å². The number of amidine groups is 1. The van der Waals surface area contributed by atoms with Crippen molar-refractivity contribution >= 4 is 50.5 Å². The fraction of sp³-hybridized carbons (Fsp3) is 0.219. The molecule has 2 unspecified atom stereocenters. The number of rotatable bonds is 16. The maximum absolute atomic E-state index is 13.8. The lowest BCUT2D eigenvalue weighted by molar-refractivity contribution is -0.130. The number of H-pyrrole nitrogens is 1. The van der Waals surface area contributed by atoms with Crippen molar-refractivity contribution in [2.24, 2.45) is 11.5 Å². The number of aromatic carboxylic acids is 1. The van der Waals surface area contributed by atoms with Crippen LogP contribution in [-0.4, -0.2) is 60.1 Å². The molecule has 0 saturated carbocycles. The van der Waals surface area contributed by atoms with Gasteiger partial charge in [0, 0.05) is 35.6 Å². The van der Waals surface area contributed by atoms with Crippen molar-refractivity contribution in [1.29, 1.82) is 5.41 Å². The van der Waals surface area contributed by atoms with Gasteiger partial charge in [0.1, 0.15) is 17.9 Å². The first-order valence-corrected chi connectivity index (χ1v) is 16.1. The minimum absolute atomic E-state index is 0.0563. The van der Waals surface area contributed by atoms with Crippen LogP contribution in [0.5, 0.6) is 0 Å². The number of para-hydroxylation sites is 1. The summed E-state index contributed by atoms with van der Waals surface area (Å²) >= 11 is 0. The van der Waals surface area contributed by atoms with Gasteiger partial charge in [0.25, 0.3) is 0 Å². The lowest BCUT2D eigenvalue weighted by atomic mass is 10.0. The van der Waals surface area contributed by atoms with E-state index in [0.29, 0.717) is 16.7 Å². The third-order valence-electron chi connectivity index (χ3n) is 7.31. The smallest absolute Gasteiger partial charge is 0.335 e. The fourth-order valence-electron chi connectivity index (χ4n) is 4.92. The van der Waals surface area contributed by atoms with Crippen LogP contribution in [0.2, 0.25) is 0 Å². The van der Waals surface area contributed by atoms with Crippen LogP contribution in [-0.2, 0) is 43.1 Å². The summed E-state index contributed by atoms with van der Waals surface area (Å²) < 4.78 is 29.1. The number of amides is 3. The molecule has 0 spiro atoms. The standard InChI is InChI=1S/C32H35N7O7S/c33-28(40)13-12-26(30(41)37-16-19-8-10-21(11-9-19)29(34)35)38-31(42)27(15-23-17-36-25-7-2-1-6-24(23)25)39-47(45,46)18-20-4-3-5-22(14-20)32(43)44/h1-11,14,17,26-27,36,39H,12-13,15-16,18H2,(H2,33,40)(H3,34,35)(H,37,41)(H,38,42)(H,43,44). The number of nitrogen functional groups attached to an aromatic ring is 1. The van der Waals surface area contributed by atoms with Gasteiger partial charge >= 0.3 is 5.97 Å². The second kappa shape index (κ2) is 15.2. The minimum atomic E-state index is -4.23. The predicted octanol–water partition coefficient (Wildman–Crippen LogP) is 1.25. The fourth-order valence-corrected chi connectivity index (χ4v) is 6.25. The first-order chi connectivity index (χ1) is 22.3. The van der Waals surface area contributed by atoms with E-state index in [1.54, 1.807) is 36.5 Å². The minimum Gasteiger partial charge on any atom is -0.478 e. The first kappa shape index (κ1) is 34.3. The second-order valence-electron chi connectivity index (χ2n) is 10.9. The molecular formula is C32H35N7O7S. The molecule has 0 fully saturated rings. The van der Waals surface area contributed by atoms with Gasteiger partial charge in [0.05, 0.1) is 11.3 Å². The number of hydrogen-bond acceptors (Lipinski definition) is 7. The molecule has 47 heavy (non-hydrogen) atoms. The van der Waals surface area contributed by atoms with Crippen molar-refractivity contribution in [3.8, 4) is 0 Å². The summed E-state index contributed by atoms with van der Waals surface area (Å²) in [5, 5.41) is 22.9. The zero-order chi connectivity index (χ0) is 34.1. The molecule has 1 heterocycles. The summed E-state index contributed by atoms with van der Waals surface area (Å²) in [6.07, 6.45) is 1.18. The molecule has 2 atom stereocenters. The molecule has 0 aliphatic rings. The number of nitrogens with one attached hydrogen (secondary N) is 5. The maximum atomic E-state index is 13.8. The van der Waals surface area contributed by atoms with Crippen LogP contribution in [0.15, 0.2) is 79.0 Å². The molecule has 246 valence electrons. The van der Waals surface area contributed by atoms with E-state index in [1.165, 1.54) is 24.3 Å². The van der Waals surface area contributed by atoms with E-state index in [2.05, 4.69) is 20.3 Å². The number of primary amides is 1. The highest BCUT2D eigenvalue weighted by Crippen LogP contribution is 2.20. The summed E-state index contributed by atoms with van der Waals surface area (Å²) in [6, 6.07) is 16.6. The van der Waals surface area contributed by atoms with Crippen molar-refractivity contribution in [2.45, 2.75) is 43.6 Å². The Labute approximate surface area is 270 Å². The zero-order valence-electron chi connectivity index (χ0n) is 25.2. The van der Waals surface area contributed by atoms with Gasteiger partial charge < -0.3 is 32.2 Å². The largest absolute Gasteiger partial charge is 0.478 e. The average Bonchev–Trinajstić information content (AvgIpc) is 3.43. The SMILES string of the molecule is N=C(N)c1ccc(CNC(=O)C(CCC(N)=O)NC(=O)C(Cc2c[nH]c3ccccc23)NS(=O)(=O)Cc2cccc(C(=O)O)c2)cc1. The van der Waals surface area contributed by atoms with Crippen LogP contribution in [0.4, 0.5) is 0 Å². The monoisotopic (exact) mass is 661 g/mol. The Bertz CT molecular complexity index is 1910. The Balaban J connectivity index is 1.56. The van der Waals surface area contributed by atoms with Crippen molar-refractivity contribution < 1.29 is 32.7 Å². The van der Waals surface area contributed by atoms with E-state index in [0.717, 1.165) is 10.9 Å². The van der Waals surface area contributed by atoms with Crippen molar-refractivity contribution in [3.05, 3.63) is 107 Å². The average molecular weight is 662 g/mol. The van der Waals surface area contributed by atoms with E-state index in [-0.39, 0.29) is 42.8 Å². The Morgan fingerprint density at radius 1 is 0.872 bits per heavy atom. The number of benzene rings is 3. The lowest BCUT2D eigenvalue weighted by Gasteiger charge is -2.23. The van der Waals surface area contributed by atoms with Gasteiger partial charge in [-0.05, 0) is 47.7 Å².